The van der Waals surface area contributed by atoms with Crippen LogP contribution in [0.25, 0.3) is 11.3 Å². The molecule has 3 aromatic rings. The fourth-order valence-electron chi connectivity index (χ4n) is 1.63. The number of nitrogens with two attached hydrogens (primary N) is 1. The van der Waals surface area contributed by atoms with Crippen molar-refractivity contribution in [3.8, 4) is 0 Å². The van der Waals surface area contributed by atoms with Gasteiger partial charge in [0.1, 0.15) is 0 Å². The highest BCUT2D eigenvalue weighted by Gasteiger charge is 2.12. The summed E-state index contributed by atoms with van der Waals surface area (Å²) in [5, 5.41) is 10.9. The molecule has 0 fully saturated rings. The van der Waals surface area contributed by atoms with Gasteiger partial charge in [0.15, 0.2) is 11.6 Å². The van der Waals surface area contributed by atoms with E-state index in [0.717, 1.165) is 11.3 Å². The van der Waals surface area contributed by atoms with Crippen LogP contribution >= 0.6 is 11.6 Å². The van der Waals surface area contributed by atoms with E-state index in [1.165, 1.54) is 0 Å². The van der Waals surface area contributed by atoms with Crippen LogP contribution in [-0.2, 0) is 0 Å². The zero-order valence-corrected chi connectivity index (χ0v) is 11.1. The zero-order chi connectivity index (χ0) is 14.1. The van der Waals surface area contributed by atoms with Crippen molar-refractivity contribution in [1.29, 1.82) is 0 Å². The van der Waals surface area contributed by atoms with E-state index >= 15 is 0 Å². The molecule has 20 heavy (non-hydrogen) atoms. The lowest BCUT2D eigenvalue weighted by atomic mass is 10.2. The Labute approximate surface area is 118 Å². The van der Waals surface area contributed by atoms with Gasteiger partial charge in [0.2, 0.25) is 11.3 Å². The van der Waals surface area contributed by atoms with E-state index in [1.807, 2.05) is 19.1 Å². The van der Waals surface area contributed by atoms with Crippen LogP contribution in [0.15, 0.2) is 22.8 Å². The Hall–Kier alpha value is -2.45. The smallest absolute Gasteiger partial charge is 0.245 e. The third kappa shape index (κ3) is 2.22. The normalized spacial score (nSPS) is 10.8. The van der Waals surface area contributed by atoms with Gasteiger partial charge in [-0.25, -0.2) is 15.5 Å². The summed E-state index contributed by atoms with van der Waals surface area (Å²) in [5.41, 5.74) is 4.73. The minimum atomic E-state index is 0.269. The van der Waals surface area contributed by atoms with Crippen LogP contribution < -0.4 is 16.6 Å². The molecule has 0 amide bonds. The maximum Gasteiger partial charge on any atom is 0.245 e. The molecule has 0 saturated carbocycles. The van der Waals surface area contributed by atoms with Crippen molar-refractivity contribution in [1.82, 2.24) is 20.3 Å². The predicted octanol–water partition coefficient (Wildman–Crippen LogP) is 2.00. The number of benzene rings is 1. The molecule has 0 unspecified atom stereocenters. The van der Waals surface area contributed by atoms with Crippen LogP contribution in [-0.4, -0.2) is 20.3 Å². The van der Waals surface area contributed by atoms with E-state index in [0.29, 0.717) is 16.7 Å². The molecule has 0 aliphatic rings. The van der Waals surface area contributed by atoms with Gasteiger partial charge in [-0.1, -0.05) is 17.7 Å². The summed E-state index contributed by atoms with van der Waals surface area (Å²) in [4.78, 5) is 8.36. The second kappa shape index (κ2) is 4.91. The van der Waals surface area contributed by atoms with Crippen molar-refractivity contribution in [3.05, 3.63) is 28.8 Å². The molecule has 0 saturated heterocycles. The molecule has 0 spiro atoms. The third-order valence-electron chi connectivity index (χ3n) is 2.69. The summed E-state index contributed by atoms with van der Waals surface area (Å²) in [6.45, 7) is 1.92. The number of aromatic nitrogens is 4. The van der Waals surface area contributed by atoms with Gasteiger partial charge < -0.3 is 10.7 Å². The molecular weight excluding hydrogens is 282 g/mol. The Bertz CT molecular complexity index is 773. The average Bonchev–Trinajstić information content (AvgIpc) is 2.89. The van der Waals surface area contributed by atoms with E-state index in [2.05, 4.69) is 35.7 Å². The van der Waals surface area contributed by atoms with Crippen molar-refractivity contribution in [2.75, 3.05) is 10.7 Å². The van der Waals surface area contributed by atoms with Gasteiger partial charge >= 0.3 is 0 Å². The van der Waals surface area contributed by atoms with Crippen molar-refractivity contribution in [3.63, 3.8) is 0 Å². The maximum absolute atomic E-state index is 6.08. The third-order valence-corrected chi connectivity index (χ3v) is 3.09. The number of rotatable bonds is 3. The minimum absolute atomic E-state index is 0.269. The zero-order valence-electron chi connectivity index (χ0n) is 10.4. The molecule has 1 aromatic carbocycles. The lowest BCUT2D eigenvalue weighted by Gasteiger charge is -2.10. The molecule has 0 aliphatic heterocycles. The monoisotopic (exact) mass is 291 g/mol. The number of anilines is 3. The SMILES string of the molecule is Cc1ccc(Nc2nc3nonc3nc2NN)cc1Cl. The largest absolute Gasteiger partial charge is 0.337 e. The van der Waals surface area contributed by atoms with E-state index < -0.39 is 0 Å². The molecule has 0 radical (unpaired) electrons. The summed E-state index contributed by atoms with van der Waals surface area (Å²) in [5.74, 6) is 6.14. The molecular formula is C11H10ClN7O. The second-order valence-electron chi connectivity index (χ2n) is 4.07. The molecule has 0 atom stereocenters. The minimum Gasteiger partial charge on any atom is -0.337 e. The number of halogens is 1. The first-order valence-electron chi connectivity index (χ1n) is 5.67. The fourth-order valence-corrected chi connectivity index (χ4v) is 1.81. The van der Waals surface area contributed by atoms with E-state index in [4.69, 9.17) is 17.4 Å². The van der Waals surface area contributed by atoms with Crippen LogP contribution in [0.2, 0.25) is 5.02 Å². The second-order valence-corrected chi connectivity index (χ2v) is 4.47. The van der Waals surface area contributed by atoms with Crippen LogP contribution in [0.5, 0.6) is 0 Å². The molecule has 9 heteroatoms. The summed E-state index contributed by atoms with van der Waals surface area (Å²) < 4.78 is 4.56. The number of fused-ring (bicyclic) bond motifs is 1. The number of hydrogen-bond donors (Lipinski definition) is 3. The maximum atomic E-state index is 6.08. The highest BCUT2D eigenvalue weighted by Crippen LogP contribution is 2.26. The standard InChI is InChI=1S/C11H10ClN7O/c1-5-2-3-6(4-7(5)12)14-8-9(17-13)16-11-10(15-8)18-20-19-11/h2-4H,13H2,1H3,(H,14,15,18)(H,16,17,19). The van der Waals surface area contributed by atoms with Gasteiger partial charge in [-0.15, -0.1) is 0 Å². The number of aryl methyl sites for hydroxylation is 1. The number of nitrogen functional groups attached to an aromatic ring is 1. The van der Waals surface area contributed by atoms with E-state index in [-0.39, 0.29) is 11.3 Å². The first kappa shape index (κ1) is 12.6. The molecule has 0 bridgehead atoms. The Morgan fingerprint density at radius 3 is 2.50 bits per heavy atom. The van der Waals surface area contributed by atoms with Gasteiger partial charge in [-0.2, -0.15) is 4.98 Å². The van der Waals surface area contributed by atoms with Gasteiger partial charge in [0.25, 0.3) is 0 Å². The molecule has 2 heterocycles. The average molecular weight is 292 g/mol. The highest BCUT2D eigenvalue weighted by molar-refractivity contribution is 6.31. The van der Waals surface area contributed by atoms with Gasteiger partial charge in [0.05, 0.1) is 0 Å². The number of nitrogens with one attached hydrogen (secondary N) is 2. The van der Waals surface area contributed by atoms with Crippen LogP contribution in [0, 0.1) is 6.92 Å². The molecule has 3 rings (SSSR count). The van der Waals surface area contributed by atoms with Crippen LogP contribution in [0.1, 0.15) is 5.56 Å². The number of hydrazine groups is 1. The lowest BCUT2D eigenvalue weighted by molar-refractivity contribution is 0.314. The highest BCUT2D eigenvalue weighted by atomic mass is 35.5. The Balaban J connectivity index is 2.01. The Morgan fingerprint density at radius 1 is 1.15 bits per heavy atom. The molecule has 2 aromatic heterocycles. The molecule has 0 aliphatic carbocycles. The van der Waals surface area contributed by atoms with Crippen molar-refractivity contribution < 1.29 is 4.63 Å². The summed E-state index contributed by atoms with van der Waals surface area (Å²) in [6, 6.07) is 5.54. The summed E-state index contributed by atoms with van der Waals surface area (Å²) in [6.07, 6.45) is 0. The van der Waals surface area contributed by atoms with E-state index in [9.17, 15) is 0 Å². The van der Waals surface area contributed by atoms with Gasteiger partial charge in [-0.3, -0.25) is 0 Å². The van der Waals surface area contributed by atoms with Crippen LogP contribution in [0.4, 0.5) is 17.3 Å². The van der Waals surface area contributed by atoms with Crippen molar-refractivity contribution >= 4 is 40.2 Å². The fraction of sp³-hybridized carbons (Fsp3) is 0.0909. The lowest BCUT2D eigenvalue weighted by Crippen LogP contribution is -2.12. The quantitative estimate of drug-likeness (QED) is 0.496. The topological polar surface area (TPSA) is 115 Å². The summed E-state index contributed by atoms with van der Waals surface area (Å²) >= 11 is 6.08. The molecule has 4 N–H and O–H groups in total. The predicted molar refractivity (Wildman–Crippen MR) is 74.7 cm³/mol. The first-order chi connectivity index (χ1) is 9.67. The van der Waals surface area contributed by atoms with Crippen molar-refractivity contribution in [2.45, 2.75) is 6.92 Å². The Morgan fingerprint density at radius 2 is 1.85 bits per heavy atom. The first-order valence-corrected chi connectivity index (χ1v) is 6.05. The molecule has 102 valence electrons. The van der Waals surface area contributed by atoms with Gasteiger partial charge in [0, 0.05) is 10.7 Å². The van der Waals surface area contributed by atoms with Crippen molar-refractivity contribution in [2.24, 2.45) is 5.84 Å². The van der Waals surface area contributed by atoms with Gasteiger partial charge in [-0.05, 0) is 34.9 Å². The number of nitrogens with zero attached hydrogens (tertiary/aromatic N) is 4. The summed E-state index contributed by atoms with van der Waals surface area (Å²) in [7, 11) is 0. The van der Waals surface area contributed by atoms with Crippen LogP contribution in [0.3, 0.4) is 0 Å². The van der Waals surface area contributed by atoms with E-state index in [1.54, 1.807) is 6.07 Å². The Kier molecular flexibility index (Phi) is 3.09. The number of hydrogen-bond acceptors (Lipinski definition) is 8. The molecule has 8 nitrogen and oxygen atoms in total.